The molecule has 1 saturated heterocycles. The molecule has 1 aromatic heterocycles. The predicted octanol–water partition coefficient (Wildman–Crippen LogP) is 5.02. The monoisotopic (exact) mass is 523 g/mol. The minimum absolute atomic E-state index is 0. The van der Waals surface area contributed by atoms with Crippen molar-refractivity contribution >= 4 is 45.0 Å². The summed E-state index contributed by atoms with van der Waals surface area (Å²) in [6.45, 7) is 9.28. The van der Waals surface area contributed by atoms with E-state index < -0.39 is 0 Å². The number of anilines is 1. The molecule has 1 aliphatic rings. The van der Waals surface area contributed by atoms with E-state index in [1.807, 2.05) is 19.9 Å². The van der Waals surface area contributed by atoms with Crippen LogP contribution in [-0.4, -0.2) is 68.4 Å². The van der Waals surface area contributed by atoms with E-state index in [2.05, 4.69) is 9.88 Å². The number of carbonyl (C=O) groups is 1. The number of thiazole rings is 1. The Labute approximate surface area is 215 Å². The maximum Gasteiger partial charge on any atom is 0.260 e. The minimum atomic E-state index is -0.389. The van der Waals surface area contributed by atoms with E-state index in [0.29, 0.717) is 46.7 Å². The van der Waals surface area contributed by atoms with E-state index in [1.165, 1.54) is 17.4 Å². The van der Waals surface area contributed by atoms with Gasteiger partial charge in [0.05, 0.1) is 31.1 Å². The zero-order valence-electron chi connectivity index (χ0n) is 20.0. The molecule has 35 heavy (non-hydrogen) atoms. The van der Waals surface area contributed by atoms with Gasteiger partial charge in [-0.25, -0.2) is 9.37 Å². The highest BCUT2D eigenvalue weighted by Gasteiger charge is 2.24. The normalized spacial score (nSPS) is 13.9. The Morgan fingerprint density at radius 2 is 1.89 bits per heavy atom. The van der Waals surface area contributed by atoms with Crippen LogP contribution in [0, 0.1) is 5.82 Å². The summed E-state index contributed by atoms with van der Waals surface area (Å²) in [4.78, 5) is 22.1. The molecule has 0 radical (unpaired) electrons. The van der Waals surface area contributed by atoms with Gasteiger partial charge in [-0.3, -0.25) is 14.6 Å². The summed E-state index contributed by atoms with van der Waals surface area (Å²) in [5, 5.41) is 0.485. The fourth-order valence-corrected chi connectivity index (χ4v) is 4.92. The summed E-state index contributed by atoms with van der Waals surface area (Å²) in [7, 11) is 0. The van der Waals surface area contributed by atoms with Crippen molar-refractivity contribution in [3.8, 4) is 11.5 Å². The molecule has 0 saturated carbocycles. The third kappa shape index (κ3) is 6.61. The summed E-state index contributed by atoms with van der Waals surface area (Å²) in [6.07, 6.45) is 0.763. The maximum atomic E-state index is 14.3. The number of nitrogens with zero attached hydrogens (tertiary/aromatic N) is 3. The third-order valence-electron chi connectivity index (χ3n) is 5.58. The highest BCUT2D eigenvalue weighted by Crippen LogP contribution is 2.33. The van der Waals surface area contributed by atoms with Gasteiger partial charge in [0.2, 0.25) is 0 Å². The van der Waals surface area contributed by atoms with Gasteiger partial charge in [-0.2, -0.15) is 0 Å². The van der Waals surface area contributed by atoms with E-state index in [4.69, 9.17) is 14.2 Å². The van der Waals surface area contributed by atoms with Gasteiger partial charge in [0.15, 0.2) is 16.6 Å². The number of halogens is 2. The summed E-state index contributed by atoms with van der Waals surface area (Å²) >= 11 is 1.32. The van der Waals surface area contributed by atoms with Gasteiger partial charge < -0.3 is 14.2 Å². The lowest BCUT2D eigenvalue weighted by atomic mass is 10.1. The van der Waals surface area contributed by atoms with Crippen LogP contribution in [0.1, 0.15) is 30.6 Å². The van der Waals surface area contributed by atoms with Crippen molar-refractivity contribution in [1.29, 1.82) is 0 Å². The highest BCUT2D eigenvalue weighted by atomic mass is 35.5. The lowest BCUT2D eigenvalue weighted by molar-refractivity contribution is 0.0376. The van der Waals surface area contributed by atoms with Crippen LogP contribution < -0.4 is 14.4 Å². The van der Waals surface area contributed by atoms with Gasteiger partial charge in [-0.15, -0.1) is 12.4 Å². The minimum Gasteiger partial charge on any atom is -0.490 e. The van der Waals surface area contributed by atoms with Crippen molar-refractivity contribution < 1.29 is 23.4 Å². The van der Waals surface area contributed by atoms with E-state index in [0.717, 1.165) is 39.3 Å². The van der Waals surface area contributed by atoms with Crippen molar-refractivity contribution in [2.24, 2.45) is 0 Å². The molecule has 190 valence electrons. The van der Waals surface area contributed by atoms with Gasteiger partial charge in [-0.05, 0) is 50.6 Å². The Morgan fingerprint density at radius 1 is 1.14 bits per heavy atom. The average Bonchev–Trinajstić information content (AvgIpc) is 3.29. The molecule has 0 unspecified atom stereocenters. The Hall–Kier alpha value is -2.46. The molecule has 7 nitrogen and oxygen atoms in total. The van der Waals surface area contributed by atoms with E-state index in [1.54, 1.807) is 29.2 Å². The molecule has 2 heterocycles. The first-order chi connectivity index (χ1) is 16.6. The van der Waals surface area contributed by atoms with Crippen molar-refractivity contribution in [2.45, 2.75) is 20.3 Å². The number of morpholine rings is 1. The molecule has 10 heteroatoms. The highest BCUT2D eigenvalue weighted by molar-refractivity contribution is 7.22. The maximum absolute atomic E-state index is 14.3. The second kappa shape index (κ2) is 13.0. The molecule has 1 amide bonds. The molecular weight excluding hydrogens is 493 g/mol. The molecule has 0 N–H and O–H groups in total. The number of benzene rings is 2. The third-order valence-corrected chi connectivity index (χ3v) is 6.63. The zero-order chi connectivity index (χ0) is 23.9. The predicted molar refractivity (Wildman–Crippen MR) is 139 cm³/mol. The van der Waals surface area contributed by atoms with Crippen molar-refractivity contribution in [3.05, 3.63) is 47.8 Å². The standard InChI is InChI=1S/C25H30FN3O4S.ClH/c1-3-32-20-10-9-18(17-21(20)33-4-2)24(30)29(12-6-11-28-13-15-31-16-14-28)25-27-23-19(26)7-5-8-22(23)34-25;/h5,7-10,17H,3-4,6,11-16H2,1-2H3;1H. The SMILES string of the molecule is CCOc1ccc(C(=O)N(CCCN2CCOCC2)c2nc3c(F)cccc3s2)cc1OCC.Cl. The lowest BCUT2D eigenvalue weighted by Gasteiger charge is -2.27. The Morgan fingerprint density at radius 3 is 2.60 bits per heavy atom. The second-order valence-electron chi connectivity index (χ2n) is 7.87. The van der Waals surface area contributed by atoms with Gasteiger partial charge >= 0.3 is 0 Å². The van der Waals surface area contributed by atoms with E-state index >= 15 is 0 Å². The number of ether oxygens (including phenoxy) is 3. The van der Waals surface area contributed by atoms with Crippen LogP contribution in [0.4, 0.5) is 9.52 Å². The number of para-hydroxylation sites is 1. The van der Waals surface area contributed by atoms with E-state index in [9.17, 15) is 9.18 Å². The van der Waals surface area contributed by atoms with E-state index in [-0.39, 0.29) is 29.6 Å². The first kappa shape index (κ1) is 27.1. The van der Waals surface area contributed by atoms with Crippen LogP contribution in [0.5, 0.6) is 11.5 Å². The number of fused-ring (bicyclic) bond motifs is 1. The molecule has 2 aromatic carbocycles. The Bertz CT molecular complexity index is 1120. The molecule has 1 aliphatic heterocycles. The number of rotatable bonds is 10. The number of aromatic nitrogens is 1. The summed E-state index contributed by atoms with van der Waals surface area (Å²) in [5.74, 6) is 0.534. The van der Waals surface area contributed by atoms with Crippen molar-refractivity contribution in [3.63, 3.8) is 0 Å². The van der Waals surface area contributed by atoms with Crippen LogP contribution in [0.25, 0.3) is 10.2 Å². The molecule has 4 rings (SSSR count). The molecule has 1 fully saturated rings. The fraction of sp³-hybridized carbons (Fsp3) is 0.440. The van der Waals surface area contributed by atoms with Gasteiger partial charge in [0, 0.05) is 31.7 Å². The van der Waals surface area contributed by atoms with Crippen LogP contribution in [0.2, 0.25) is 0 Å². The number of hydrogen-bond donors (Lipinski definition) is 0. The summed E-state index contributed by atoms with van der Waals surface area (Å²) in [5.41, 5.74) is 0.758. The lowest BCUT2D eigenvalue weighted by Crippen LogP contribution is -2.39. The Balaban J connectivity index is 0.00000342. The van der Waals surface area contributed by atoms with Gasteiger partial charge in [0.1, 0.15) is 11.3 Å². The topological polar surface area (TPSA) is 64.1 Å². The largest absolute Gasteiger partial charge is 0.490 e. The smallest absolute Gasteiger partial charge is 0.260 e. The van der Waals surface area contributed by atoms with Crippen molar-refractivity contribution in [2.75, 3.05) is 57.5 Å². The van der Waals surface area contributed by atoms with Crippen molar-refractivity contribution in [1.82, 2.24) is 9.88 Å². The summed E-state index contributed by atoms with van der Waals surface area (Å²) < 4.78 is 31.8. The van der Waals surface area contributed by atoms with Crippen LogP contribution in [0.3, 0.4) is 0 Å². The first-order valence-corrected chi connectivity index (χ1v) is 12.5. The first-order valence-electron chi connectivity index (χ1n) is 11.7. The average molecular weight is 524 g/mol. The molecule has 0 bridgehead atoms. The zero-order valence-corrected chi connectivity index (χ0v) is 21.6. The molecule has 0 spiro atoms. The van der Waals surface area contributed by atoms with Crippen LogP contribution >= 0.6 is 23.7 Å². The second-order valence-corrected chi connectivity index (χ2v) is 8.88. The fourth-order valence-electron chi connectivity index (χ4n) is 3.92. The van der Waals surface area contributed by atoms with Crippen LogP contribution in [0.15, 0.2) is 36.4 Å². The summed E-state index contributed by atoms with van der Waals surface area (Å²) in [6, 6.07) is 10.1. The quantitative estimate of drug-likeness (QED) is 0.371. The number of hydrogen-bond acceptors (Lipinski definition) is 7. The number of carbonyl (C=O) groups excluding carboxylic acids is 1. The van der Waals surface area contributed by atoms with Crippen LogP contribution in [-0.2, 0) is 4.74 Å². The van der Waals surface area contributed by atoms with Gasteiger partial charge in [0.25, 0.3) is 5.91 Å². The number of amides is 1. The molecule has 3 aromatic rings. The molecular formula is C25H31ClFN3O4S. The molecule has 0 aliphatic carbocycles. The molecule has 0 atom stereocenters. The van der Waals surface area contributed by atoms with Gasteiger partial charge in [-0.1, -0.05) is 17.4 Å². The Kier molecular flexibility index (Phi) is 10.1.